The maximum Gasteiger partial charge on any atom is 0.254 e. The van der Waals surface area contributed by atoms with Crippen molar-refractivity contribution in [2.75, 3.05) is 31.1 Å². The Bertz CT molecular complexity index is 983. The number of piperazine rings is 1. The largest absolute Gasteiger partial charge is 0.350 e. The first kappa shape index (κ1) is 16.7. The zero-order chi connectivity index (χ0) is 18.3. The van der Waals surface area contributed by atoms with Crippen LogP contribution in [0.5, 0.6) is 0 Å². The number of carbonyl (C=O) groups is 1. The molecule has 1 amide bonds. The van der Waals surface area contributed by atoms with Crippen LogP contribution in [0.2, 0.25) is 5.02 Å². The highest BCUT2D eigenvalue weighted by Crippen LogP contribution is 2.21. The van der Waals surface area contributed by atoms with Crippen molar-refractivity contribution in [2.24, 2.45) is 0 Å². The number of anilines is 1. The second kappa shape index (κ2) is 6.53. The Balaban J connectivity index is 1.50. The number of carbonyl (C=O) groups excluding carboxylic acids is 1. The summed E-state index contributed by atoms with van der Waals surface area (Å²) in [7, 11) is 0. The van der Waals surface area contributed by atoms with Crippen LogP contribution in [-0.4, -0.2) is 56.6 Å². The minimum Gasteiger partial charge on any atom is -0.350 e. The summed E-state index contributed by atoms with van der Waals surface area (Å²) < 4.78 is 15.2. The number of hydrogen-bond acceptors (Lipinski definition) is 5. The fourth-order valence-corrected chi connectivity index (χ4v) is 3.27. The van der Waals surface area contributed by atoms with Crippen molar-refractivity contribution >= 4 is 29.0 Å². The van der Waals surface area contributed by atoms with E-state index in [9.17, 15) is 9.18 Å². The quantitative estimate of drug-likeness (QED) is 0.688. The molecule has 0 atom stereocenters. The van der Waals surface area contributed by atoms with Crippen LogP contribution in [0, 0.1) is 12.7 Å². The van der Waals surface area contributed by atoms with Crippen molar-refractivity contribution in [2.45, 2.75) is 6.92 Å². The molecule has 2 aromatic heterocycles. The predicted octanol–water partition coefficient (Wildman–Crippen LogP) is 2.19. The van der Waals surface area contributed by atoms with Gasteiger partial charge in [-0.15, -0.1) is 10.2 Å². The van der Waals surface area contributed by atoms with Crippen LogP contribution in [0.4, 0.5) is 10.2 Å². The molecule has 0 unspecified atom stereocenters. The Kier molecular flexibility index (Phi) is 4.20. The number of aryl methyl sites for hydroxylation is 1. The lowest BCUT2D eigenvalue weighted by molar-refractivity contribution is 0.0746. The Morgan fingerprint density at radius 3 is 2.69 bits per heavy atom. The Hall–Kier alpha value is -2.74. The second-order valence-corrected chi connectivity index (χ2v) is 6.51. The van der Waals surface area contributed by atoms with Gasteiger partial charge in [-0.05, 0) is 25.1 Å². The van der Waals surface area contributed by atoms with E-state index in [-0.39, 0.29) is 10.9 Å². The molecule has 134 valence electrons. The molecule has 1 saturated heterocycles. The van der Waals surface area contributed by atoms with Gasteiger partial charge in [0.2, 0.25) is 5.65 Å². The Morgan fingerprint density at radius 2 is 1.96 bits per heavy atom. The van der Waals surface area contributed by atoms with Crippen LogP contribution in [0.3, 0.4) is 0 Å². The van der Waals surface area contributed by atoms with Gasteiger partial charge in [-0.1, -0.05) is 11.6 Å². The van der Waals surface area contributed by atoms with Gasteiger partial charge >= 0.3 is 0 Å². The maximum atomic E-state index is 13.3. The van der Waals surface area contributed by atoms with Crippen molar-refractivity contribution in [3.63, 3.8) is 0 Å². The lowest BCUT2D eigenvalue weighted by atomic mass is 10.1. The second-order valence-electron chi connectivity index (χ2n) is 6.10. The third-order valence-electron chi connectivity index (χ3n) is 4.51. The van der Waals surface area contributed by atoms with Gasteiger partial charge in [0.05, 0.1) is 5.02 Å². The molecule has 4 rings (SSSR count). The molecule has 9 heteroatoms. The van der Waals surface area contributed by atoms with Gasteiger partial charge in [0.15, 0.2) is 5.82 Å². The molecule has 0 radical (unpaired) electrons. The zero-order valence-corrected chi connectivity index (χ0v) is 14.8. The minimum absolute atomic E-state index is 0.0486. The highest BCUT2D eigenvalue weighted by atomic mass is 35.5. The Labute approximate surface area is 154 Å². The maximum absolute atomic E-state index is 13.3. The molecule has 0 aliphatic carbocycles. The number of aromatic nitrogens is 4. The molecule has 0 bridgehead atoms. The van der Waals surface area contributed by atoms with E-state index >= 15 is 0 Å². The van der Waals surface area contributed by atoms with Gasteiger partial charge in [0, 0.05) is 44.1 Å². The van der Waals surface area contributed by atoms with Crippen molar-refractivity contribution in [3.05, 3.63) is 52.8 Å². The predicted molar refractivity (Wildman–Crippen MR) is 95.0 cm³/mol. The molecule has 0 saturated carbocycles. The third kappa shape index (κ3) is 2.86. The summed E-state index contributed by atoms with van der Waals surface area (Å²) >= 11 is 5.78. The minimum atomic E-state index is -0.532. The number of fused-ring (bicyclic) bond motifs is 1. The van der Waals surface area contributed by atoms with Gasteiger partial charge in [-0.25, -0.2) is 9.37 Å². The van der Waals surface area contributed by atoms with Gasteiger partial charge in [0.25, 0.3) is 5.91 Å². The van der Waals surface area contributed by atoms with E-state index in [0.717, 1.165) is 11.6 Å². The van der Waals surface area contributed by atoms with Crippen LogP contribution in [0.15, 0.2) is 30.6 Å². The normalized spacial score (nSPS) is 14.9. The molecule has 1 aromatic carbocycles. The van der Waals surface area contributed by atoms with E-state index in [2.05, 4.69) is 20.1 Å². The van der Waals surface area contributed by atoms with Crippen LogP contribution >= 0.6 is 11.6 Å². The fourth-order valence-electron chi connectivity index (χ4n) is 3.08. The van der Waals surface area contributed by atoms with E-state index in [1.807, 2.05) is 17.5 Å². The molecular formula is C17H16ClFN6O. The number of benzene rings is 1. The lowest BCUT2D eigenvalue weighted by Crippen LogP contribution is -2.49. The van der Waals surface area contributed by atoms with Crippen molar-refractivity contribution in [3.8, 4) is 0 Å². The van der Waals surface area contributed by atoms with Crippen molar-refractivity contribution in [1.82, 2.24) is 24.5 Å². The summed E-state index contributed by atoms with van der Waals surface area (Å²) in [5.41, 5.74) is 1.09. The van der Waals surface area contributed by atoms with Crippen LogP contribution in [0.25, 0.3) is 5.65 Å². The van der Waals surface area contributed by atoms with Gasteiger partial charge in [-0.3, -0.25) is 9.20 Å². The number of rotatable bonds is 2. The Morgan fingerprint density at radius 1 is 1.19 bits per heavy atom. The standard InChI is InChI=1S/C17H16ClFN6O/c1-11-21-22-16-15(20-4-5-25(11)16)23-6-8-24(9-7-23)17(26)12-2-3-14(19)13(18)10-12/h2-5,10H,6-9H2,1H3. The van der Waals surface area contributed by atoms with Gasteiger partial charge < -0.3 is 9.80 Å². The summed E-state index contributed by atoms with van der Waals surface area (Å²) in [6, 6.07) is 4.04. The van der Waals surface area contributed by atoms with E-state index < -0.39 is 5.82 Å². The summed E-state index contributed by atoms with van der Waals surface area (Å²) in [4.78, 5) is 20.9. The molecule has 1 aliphatic heterocycles. The average Bonchev–Trinajstić information content (AvgIpc) is 3.05. The monoisotopic (exact) mass is 374 g/mol. The number of amides is 1. The summed E-state index contributed by atoms with van der Waals surface area (Å²) in [6.07, 6.45) is 3.54. The number of halogens is 2. The lowest BCUT2D eigenvalue weighted by Gasteiger charge is -2.35. The molecule has 7 nitrogen and oxygen atoms in total. The molecule has 1 fully saturated rings. The van der Waals surface area contributed by atoms with Gasteiger partial charge in [0.1, 0.15) is 11.6 Å². The van der Waals surface area contributed by atoms with Crippen molar-refractivity contribution < 1.29 is 9.18 Å². The van der Waals surface area contributed by atoms with E-state index in [0.29, 0.717) is 37.4 Å². The first-order valence-corrected chi connectivity index (χ1v) is 8.58. The molecule has 26 heavy (non-hydrogen) atoms. The fraction of sp³-hybridized carbons (Fsp3) is 0.294. The van der Waals surface area contributed by atoms with Crippen LogP contribution in [0.1, 0.15) is 16.2 Å². The molecule has 0 N–H and O–H groups in total. The van der Waals surface area contributed by atoms with E-state index in [1.54, 1.807) is 11.1 Å². The SMILES string of the molecule is Cc1nnc2c(N3CCN(C(=O)c4ccc(F)c(Cl)c4)CC3)nccn12. The molecule has 3 aromatic rings. The van der Waals surface area contributed by atoms with E-state index in [1.165, 1.54) is 18.2 Å². The first-order chi connectivity index (χ1) is 12.5. The molecular weight excluding hydrogens is 359 g/mol. The summed E-state index contributed by atoms with van der Waals surface area (Å²) in [5, 5.41) is 8.23. The van der Waals surface area contributed by atoms with E-state index in [4.69, 9.17) is 11.6 Å². The highest BCUT2D eigenvalue weighted by Gasteiger charge is 2.25. The van der Waals surface area contributed by atoms with Crippen LogP contribution in [-0.2, 0) is 0 Å². The smallest absolute Gasteiger partial charge is 0.254 e. The summed E-state index contributed by atoms with van der Waals surface area (Å²) in [6.45, 7) is 4.19. The third-order valence-corrected chi connectivity index (χ3v) is 4.80. The first-order valence-electron chi connectivity index (χ1n) is 8.20. The molecule has 1 aliphatic rings. The highest BCUT2D eigenvalue weighted by molar-refractivity contribution is 6.31. The van der Waals surface area contributed by atoms with Crippen LogP contribution < -0.4 is 4.90 Å². The topological polar surface area (TPSA) is 66.6 Å². The average molecular weight is 375 g/mol. The van der Waals surface area contributed by atoms with Crippen molar-refractivity contribution in [1.29, 1.82) is 0 Å². The molecule has 0 spiro atoms. The zero-order valence-electron chi connectivity index (χ0n) is 14.1. The number of hydrogen-bond donors (Lipinski definition) is 0. The molecule has 3 heterocycles. The summed E-state index contributed by atoms with van der Waals surface area (Å²) in [5.74, 6) is 0.863. The van der Waals surface area contributed by atoms with Gasteiger partial charge in [-0.2, -0.15) is 0 Å². The number of nitrogens with zero attached hydrogens (tertiary/aromatic N) is 6.